The van der Waals surface area contributed by atoms with Gasteiger partial charge in [-0.2, -0.15) is 0 Å². The van der Waals surface area contributed by atoms with Crippen LogP contribution in [0, 0.1) is 0 Å². The lowest BCUT2D eigenvalue weighted by Crippen LogP contribution is -2.53. The molecule has 1 fully saturated rings. The van der Waals surface area contributed by atoms with Crippen LogP contribution >= 0.6 is 11.6 Å². The first-order valence-electron chi connectivity index (χ1n) is 5.98. The van der Waals surface area contributed by atoms with Crippen LogP contribution in [0.5, 0.6) is 0 Å². The standard InChI is InChI=1S/C12H14ClN3O2S/c13-9-1-3-10(4-2-9)16-11(14)15-7-12(16)5-6-19(17,18)8-12/h1-4H,5-8H2,(H2,14,15). The highest BCUT2D eigenvalue weighted by Crippen LogP contribution is 2.37. The third-order valence-electron chi connectivity index (χ3n) is 3.69. The van der Waals surface area contributed by atoms with Gasteiger partial charge in [-0.3, -0.25) is 4.99 Å². The molecule has 1 atom stereocenters. The summed E-state index contributed by atoms with van der Waals surface area (Å²) in [7, 11) is -3.01. The zero-order valence-electron chi connectivity index (χ0n) is 10.2. The number of hydrogen-bond acceptors (Lipinski definition) is 5. The van der Waals surface area contributed by atoms with E-state index in [9.17, 15) is 8.42 Å². The zero-order chi connectivity index (χ0) is 13.7. The molecule has 1 aromatic carbocycles. The lowest BCUT2D eigenvalue weighted by atomic mass is 9.97. The van der Waals surface area contributed by atoms with Crippen LogP contribution in [0.25, 0.3) is 0 Å². The average Bonchev–Trinajstić information content (AvgIpc) is 2.82. The van der Waals surface area contributed by atoms with Crippen LogP contribution in [0.3, 0.4) is 0 Å². The van der Waals surface area contributed by atoms with Crippen molar-refractivity contribution >= 4 is 33.1 Å². The van der Waals surface area contributed by atoms with Crippen LogP contribution in [-0.2, 0) is 9.84 Å². The topological polar surface area (TPSA) is 75.8 Å². The van der Waals surface area contributed by atoms with Gasteiger partial charge in [0.15, 0.2) is 15.8 Å². The largest absolute Gasteiger partial charge is 0.369 e. The molecule has 2 aliphatic heterocycles. The predicted molar refractivity (Wildman–Crippen MR) is 76.4 cm³/mol. The maximum atomic E-state index is 11.8. The van der Waals surface area contributed by atoms with Gasteiger partial charge in [0.1, 0.15) is 0 Å². The van der Waals surface area contributed by atoms with E-state index in [-0.39, 0.29) is 11.5 Å². The van der Waals surface area contributed by atoms with Gasteiger partial charge in [0, 0.05) is 10.7 Å². The van der Waals surface area contributed by atoms with Crippen molar-refractivity contribution in [3.8, 4) is 0 Å². The second-order valence-electron chi connectivity index (χ2n) is 5.05. The first-order valence-corrected chi connectivity index (χ1v) is 8.18. The number of benzene rings is 1. The molecule has 0 radical (unpaired) electrons. The van der Waals surface area contributed by atoms with Gasteiger partial charge in [-0.25, -0.2) is 8.42 Å². The number of nitrogens with zero attached hydrogens (tertiary/aromatic N) is 2. The summed E-state index contributed by atoms with van der Waals surface area (Å²) in [5.74, 6) is 0.673. The highest BCUT2D eigenvalue weighted by atomic mass is 35.5. The second kappa shape index (κ2) is 4.11. The third kappa shape index (κ3) is 2.08. The van der Waals surface area contributed by atoms with Gasteiger partial charge >= 0.3 is 0 Å². The lowest BCUT2D eigenvalue weighted by molar-refractivity contribution is 0.513. The summed E-state index contributed by atoms with van der Waals surface area (Å²) in [5.41, 5.74) is 6.26. The first-order chi connectivity index (χ1) is 8.92. The van der Waals surface area contributed by atoms with E-state index in [1.54, 1.807) is 12.1 Å². The summed E-state index contributed by atoms with van der Waals surface area (Å²) in [6.45, 7) is 0.431. The molecule has 2 heterocycles. The van der Waals surface area contributed by atoms with Crippen molar-refractivity contribution in [2.75, 3.05) is 23.0 Å². The van der Waals surface area contributed by atoms with E-state index in [0.717, 1.165) is 5.69 Å². The lowest BCUT2D eigenvalue weighted by Gasteiger charge is -2.34. The first kappa shape index (κ1) is 12.7. The molecule has 0 aromatic heterocycles. The van der Waals surface area contributed by atoms with Gasteiger partial charge in [-0.05, 0) is 30.7 Å². The van der Waals surface area contributed by atoms with Gasteiger partial charge in [-0.1, -0.05) is 11.6 Å². The highest BCUT2D eigenvalue weighted by Gasteiger charge is 2.50. The van der Waals surface area contributed by atoms with Crippen LogP contribution < -0.4 is 10.6 Å². The Morgan fingerprint density at radius 3 is 2.58 bits per heavy atom. The number of aliphatic imine (C=N–C) groups is 1. The van der Waals surface area contributed by atoms with E-state index in [0.29, 0.717) is 23.9 Å². The van der Waals surface area contributed by atoms with Crippen LogP contribution in [0.15, 0.2) is 29.3 Å². The van der Waals surface area contributed by atoms with E-state index >= 15 is 0 Å². The predicted octanol–water partition coefficient (Wildman–Crippen LogP) is 1.03. The molecule has 1 unspecified atom stereocenters. The molecule has 0 amide bonds. The number of nitrogens with two attached hydrogens (primary N) is 1. The van der Waals surface area contributed by atoms with Crippen LogP contribution in [0.2, 0.25) is 5.02 Å². The maximum Gasteiger partial charge on any atom is 0.196 e. The summed E-state index contributed by atoms with van der Waals surface area (Å²) in [4.78, 5) is 6.08. The minimum absolute atomic E-state index is 0.104. The molecule has 102 valence electrons. The molecule has 5 nitrogen and oxygen atoms in total. The Labute approximate surface area is 117 Å². The summed E-state index contributed by atoms with van der Waals surface area (Å²) in [6, 6.07) is 7.20. The van der Waals surface area contributed by atoms with Crippen LogP contribution in [0.4, 0.5) is 5.69 Å². The smallest absolute Gasteiger partial charge is 0.196 e. The van der Waals surface area contributed by atoms with E-state index in [1.165, 1.54) is 0 Å². The highest BCUT2D eigenvalue weighted by molar-refractivity contribution is 7.91. The molecular formula is C12H14ClN3O2S. The molecule has 0 aliphatic carbocycles. The maximum absolute atomic E-state index is 11.8. The molecule has 0 bridgehead atoms. The van der Waals surface area contributed by atoms with Crippen molar-refractivity contribution in [1.82, 2.24) is 0 Å². The molecule has 1 saturated heterocycles. The summed E-state index contributed by atoms with van der Waals surface area (Å²) in [6.07, 6.45) is 0.558. The molecule has 1 aromatic rings. The van der Waals surface area contributed by atoms with Gasteiger partial charge < -0.3 is 10.6 Å². The fourth-order valence-electron chi connectivity index (χ4n) is 2.81. The summed E-state index contributed by atoms with van der Waals surface area (Å²) >= 11 is 5.88. The van der Waals surface area contributed by atoms with Crippen molar-refractivity contribution in [3.05, 3.63) is 29.3 Å². The fraction of sp³-hybridized carbons (Fsp3) is 0.417. The molecule has 2 N–H and O–H groups in total. The molecule has 3 rings (SSSR count). The number of guanidine groups is 1. The van der Waals surface area contributed by atoms with Crippen molar-refractivity contribution in [1.29, 1.82) is 0 Å². The van der Waals surface area contributed by atoms with Crippen molar-refractivity contribution in [3.63, 3.8) is 0 Å². The van der Waals surface area contributed by atoms with E-state index in [1.807, 2.05) is 17.0 Å². The quantitative estimate of drug-likeness (QED) is 0.840. The Kier molecular flexibility index (Phi) is 2.76. The van der Waals surface area contributed by atoms with Gasteiger partial charge in [-0.15, -0.1) is 0 Å². The Morgan fingerprint density at radius 2 is 2.00 bits per heavy atom. The van der Waals surface area contributed by atoms with Gasteiger partial charge in [0.25, 0.3) is 0 Å². The van der Waals surface area contributed by atoms with E-state index in [2.05, 4.69) is 4.99 Å². The SMILES string of the molecule is NC1=NCC2(CCS(=O)(=O)C2)N1c1ccc(Cl)cc1. The van der Waals surface area contributed by atoms with Crippen LogP contribution in [0.1, 0.15) is 6.42 Å². The molecule has 1 spiro atoms. The zero-order valence-corrected chi connectivity index (χ0v) is 11.8. The van der Waals surface area contributed by atoms with E-state index in [4.69, 9.17) is 17.3 Å². The molecule has 2 aliphatic rings. The van der Waals surface area contributed by atoms with Crippen molar-refractivity contribution < 1.29 is 8.42 Å². The van der Waals surface area contributed by atoms with E-state index < -0.39 is 15.4 Å². The fourth-order valence-corrected chi connectivity index (χ4v) is 4.95. The number of anilines is 1. The molecule has 19 heavy (non-hydrogen) atoms. The van der Waals surface area contributed by atoms with Crippen molar-refractivity contribution in [2.24, 2.45) is 10.7 Å². The van der Waals surface area contributed by atoms with Crippen molar-refractivity contribution in [2.45, 2.75) is 12.0 Å². The Bertz CT molecular complexity index is 641. The average molecular weight is 300 g/mol. The van der Waals surface area contributed by atoms with Gasteiger partial charge in [0.05, 0.1) is 23.6 Å². The minimum Gasteiger partial charge on any atom is -0.369 e. The molecule has 7 heteroatoms. The number of sulfone groups is 1. The monoisotopic (exact) mass is 299 g/mol. The van der Waals surface area contributed by atoms with Crippen LogP contribution in [-0.4, -0.2) is 38.0 Å². The summed E-state index contributed by atoms with van der Waals surface area (Å²) < 4.78 is 23.6. The molecular weight excluding hydrogens is 286 g/mol. The number of halogens is 1. The second-order valence-corrected chi connectivity index (χ2v) is 7.67. The minimum atomic E-state index is -3.01. The summed E-state index contributed by atoms with van der Waals surface area (Å²) in [5, 5.41) is 0.631. The normalized spacial score (nSPS) is 28.9. The number of rotatable bonds is 1. The Hall–Kier alpha value is -1.27. The number of hydrogen-bond donors (Lipinski definition) is 1. The Balaban J connectivity index is 2.02. The molecule has 0 saturated carbocycles. The Morgan fingerprint density at radius 1 is 1.32 bits per heavy atom. The van der Waals surface area contributed by atoms with Gasteiger partial charge in [0.2, 0.25) is 0 Å². The third-order valence-corrected chi connectivity index (χ3v) is 5.75.